The van der Waals surface area contributed by atoms with Crippen molar-refractivity contribution < 1.29 is 28.2 Å². The van der Waals surface area contributed by atoms with Gasteiger partial charge in [-0.25, -0.2) is 9.18 Å². The predicted octanol–water partition coefficient (Wildman–Crippen LogP) is 3.88. The quantitative estimate of drug-likeness (QED) is 0.457. The number of carbonyl (C=O) groups is 3. The first-order valence-electron chi connectivity index (χ1n) is 17.5. The molecule has 2 amide bonds. The van der Waals surface area contributed by atoms with Crippen LogP contribution >= 0.6 is 0 Å². The Kier molecular flexibility index (Phi) is 8.46. The number of morpholine rings is 1. The summed E-state index contributed by atoms with van der Waals surface area (Å²) in [5.74, 6) is 0.507. The summed E-state index contributed by atoms with van der Waals surface area (Å²) in [5, 5.41) is 5.89. The second-order valence-electron chi connectivity index (χ2n) is 15.5. The number of ketones is 1. The zero-order valence-electron chi connectivity index (χ0n) is 27.0. The normalized spacial score (nSPS) is 39.9. The smallest absolute Gasteiger partial charge is 0.407 e. The number of nitrogens with one attached hydrogen (secondary N) is 2. The van der Waals surface area contributed by atoms with E-state index in [9.17, 15) is 14.4 Å². The lowest BCUT2D eigenvalue weighted by atomic mass is 9.64. The van der Waals surface area contributed by atoms with Crippen molar-refractivity contribution in [1.82, 2.24) is 20.4 Å². The van der Waals surface area contributed by atoms with Crippen LogP contribution in [0.15, 0.2) is 16.8 Å². The molecule has 7 rings (SSSR count). The number of ether oxygens (including phenoxy) is 2. The Bertz CT molecular complexity index is 1250. The summed E-state index contributed by atoms with van der Waals surface area (Å²) < 4.78 is 29.0. The molecule has 2 saturated heterocycles. The summed E-state index contributed by atoms with van der Waals surface area (Å²) >= 11 is 0. The van der Waals surface area contributed by atoms with Gasteiger partial charge in [0.25, 0.3) is 5.91 Å². The molecule has 0 aromatic rings. The SMILES string of the molecule is CC(C)(C)OC(=O)NC1CCN(C2C(F)CC3C(=O)C(C(=O)NC4=NCCCC4)=CN4C5CC6CCCCC6CC5OC2C34)C1. The monoisotopic (exact) mass is 627 g/mol. The number of alkyl carbamates (subject to hydrolysis) is 1. The second kappa shape index (κ2) is 12.2. The van der Waals surface area contributed by atoms with Gasteiger partial charge in [0.05, 0.1) is 35.9 Å². The maximum absolute atomic E-state index is 16.5. The first kappa shape index (κ1) is 31.1. The van der Waals surface area contributed by atoms with E-state index in [1.165, 1.54) is 25.7 Å². The molecule has 11 heteroatoms. The van der Waals surface area contributed by atoms with E-state index in [1.54, 1.807) is 0 Å². The number of amides is 2. The summed E-state index contributed by atoms with van der Waals surface area (Å²) in [7, 11) is 0. The molecule has 7 aliphatic rings. The van der Waals surface area contributed by atoms with Gasteiger partial charge in [0.2, 0.25) is 0 Å². The summed E-state index contributed by atoms with van der Waals surface area (Å²) in [5.41, 5.74) is -0.471. The zero-order valence-corrected chi connectivity index (χ0v) is 27.0. The highest BCUT2D eigenvalue weighted by Gasteiger charge is 2.61. The number of fused-ring (bicyclic) bond motifs is 3. The van der Waals surface area contributed by atoms with E-state index in [1.807, 2.05) is 27.0 Å². The summed E-state index contributed by atoms with van der Waals surface area (Å²) in [4.78, 5) is 49.0. The molecule has 4 aliphatic heterocycles. The van der Waals surface area contributed by atoms with Crippen molar-refractivity contribution in [3.8, 4) is 0 Å². The van der Waals surface area contributed by atoms with E-state index in [-0.39, 0.29) is 42.0 Å². The molecule has 3 saturated carbocycles. The summed E-state index contributed by atoms with van der Waals surface area (Å²) in [6.07, 6.45) is 9.70. The Morgan fingerprint density at radius 3 is 2.56 bits per heavy atom. The number of rotatable bonds is 3. The highest BCUT2D eigenvalue weighted by molar-refractivity contribution is 6.23. The molecule has 0 aromatic heterocycles. The number of carbonyl (C=O) groups excluding carboxylic acids is 3. The van der Waals surface area contributed by atoms with Crippen LogP contribution in [0.1, 0.15) is 91.4 Å². The number of likely N-dealkylation sites (tertiary alicyclic amines) is 1. The van der Waals surface area contributed by atoms with Crippen molar-refractivity contribution >= 4 is 23.6 Å². The minimum atomic E-state index is -1.30. The molecule has 10 nitrogen and oxygen atoms in total. The number of halogens is 1. The molecule has 0 bridgehead atoms. The van der Waals surface area contributed by atoms with Gasteiger partial charge in [-0.1, -0.05) is 25.7 Å². The van der Waals surface area contributed by atoms with Crippen LogP contribution in [0.25, 0.3) is 0 Å². The van der Waals surface area contributed by atoms with Gasteiger partial charge in [0, 0.05) is 44.2 Å². The van der Waals surface area contributed by atoms with Crippen molar-refractivity contribution in [3.05, 3.63) is 11.8 Å². The number of hydrogen-bond acceptors (Lipinski definition) is 8. The number of hydrogen-bond donors (Lipinski definition) is 2. The van der Waals surface area contributed by atoms with Crippen molar-refractivity contribution in [2.45, 2.75) is 140 Å². The molecule has 3 aliphatic carbocycles. The first-order valence-corrected chi connectivity index (χ1v) is 17.5. The Morgan fingerprint density at radius 2 is 1.82 bits per heavy atom. The van der Waals surface area contributed by atoms with Gasteiger partial charge in [-0.2, -0.15) is 0 Å². The third kappa shape index (κ3) is 6.15. The molecule has 5 fully saturated rings. The number of Topliss-reactive ketones (excluding diaryl/α,β-unsaturated/α-hetero) is 1. The fraction of sp³-hybridized carbons (Fsp3) is 0.824. The zero-order chi connectivity index (χ0) is 31.5. The average Bonchev–Trinajstić information content (AvgIpc) is 3.44. The van der Waals surface area contributed by atoms with Crippen LogP contribution in [0.2, 0.25) is 0 Å². The molecule has 0 aromatic carbocycles. The fourth-order valence-corrected chi connectivity index (χ4v) is 9.51. The van der Waals surface area contributed by atoms with Crippen LogP contribution in [-0.4, -0.2) is 101 Å². The molecular weight excluding hydrogens is 577 g/mol. The van der Waals surface area contributed by atoms with Gasteiger partial charge >= 0.3 is 6.09 Å². The van der Waals surface area contributed by atoms with Crippen molar-refractivity contribution in [2.24, 2.45) is 22.7 Å². The highest BCUT2D eigenvalue weighted by Crippen LogP contribution is 2.51. The Balaban J connectivity index is 1.16. The first-order chi connectivity index (χ1) is 21.6. The van der Waals surface area contributed by atoms with E-state index < -0.39 is 41.8 Å². The molecule has 45 heavy (non-hydrogen) atoms. The molecular formula is C34H50FN5O5. The van der Waals surface area contributed by atoms with Gasteiger partial charge in [-0.3, -0.25) is 19.5 Å². The van der Waals surface area contributed by atoms with E-state index in [2.05, 4.69) is 25.4 Å². The lowest BCUT2D eigenvalue weighted by Crippen LogP contribution is -2.73. The molecule has 0 spiro atoms. The van der Waals surface area contributed by atoms with E-state index in [0.29, 0.717) is 50.1 Å². The van der Waals surface area contributed by atoms with Crippen molar-refractivity contribution in [2.75, 3.05) is 19.6 Å². The van der Waals surface area contributed by atoms with Gasteiger partial charge in [-0.15, -0.1) is 0 Å². The maximum atomic E-state index is 16.5. The highest BCUT2D eigenvalue weighted by atomic mass is 19.1. The Hall–Kier alpha value is -2.53. The molecule has 0 radical (unpaired) electrons. The average molecular weight is 628 g/mol. The van der Waals surface area contributed by atoms with Crippen LogP contribution in [0, 0.1) is 17.8 Å². The van der Waals surface area contributed by atoms with Crippen LogP contribution in [0.3, 0.4) is 0 Å². The van der Waals surface area contributed by atoms with E-state index in [4.69, 9.17) is 9.47 Å². The standard InChI is InChI=1S/C34H50FN5O5/c1-34(2,3)45-33(43)37-21-11-13-39(17-21)29-24(35)16-22-28-31(29)44-26-15-20-9-5-4-8-19(20)14-25(26)40(28)18-23(30(22)41)32(42)38-27-10-6-7-12-36-27/h18-22,24-26,28-29,31H,4-17H2,1-3H3,(H,37,43)(H,36,38,42). The fourth-order valence-electron chi connectivity index (χ4n) is 9.51. The molecule has 4 heterocycles. The predicted molar refractivity (Wildman–Crippen MR) is 166 cm³/mol. The van der Waals surface area contributed by atoms with E-state index in [0.717, 1.165) is 25.7 Å². The molecule has 2 N–H and O–H groups in total. The van der Waals surface area contributed by atoms with Crippen LogP contribution in [0.4, 0.5) is 9.18 Å². The van der Waals surface area contributed by atoms with Gasteiger partial charge in [0.1, 0.15) is 17.6 Å². The summed E-state index contributed by atoms with van der Waals surface area (Å²) in [6, 6.07) is -0.941. The largest absolute Gasteiger partial charge is 0.444 e. The lowest BCUT2D eigenvalue weighted by molar-refractivity contribution is -0.219. The molecule has 10 unspecified atom stereocenters. The third-order valence-electron chi connectivity index (χ3n) is 11.4. The van der Waals surface area contributed by atoms with E-state index >= 15 is 4.39 Å². The second-order valence-corrected chi connectivity index (χ2v) is 15.5. The van der Waals surface area contributed by atoms with Crippen LogP contribution < -0.4 is 10.6 Å². The van der Waals surface area contributed by atoms with Gasteiger partial charge < -0.3 is 25.0 Å². The molecule has 10 atom stereocenters. The van der Waals surface area contributed by atoms with Gasteiger partial charge in [0.15, 0.2) is 5.78 Å². The minimum absolute atomic E-state index is 0.0557. The van der Waals surface area contributed by atoms with Gasteiger partial charge in [-0.05, 0) is 71.1 Å². The number of nitrogens with zero attached hydrogens (tertiary/aromatic N) is 3. The topological polar surface area (TPSA) is 113 Å². The maximum Gasteiger partial charge on any atom is 0.407 e. The Morgan fingerprint density at radius 1 is 1.04 bits per heavy atom. The minimum Gasteiger partial charge on any atom is -0.444 e. The molecule has 248 valence electrons. The van der Waals surface area contributed by atoms with Crippen molar-refractivity contribution in [1.29, 1.82) is 0 Å². The summed E-state index contributed by atoms with van der Waals surface area (Å²) in [6.45, 7) is 7.30. The third-order valence-corrected chi connectivity index (χ3v) is 11.4. The number of alkyl halides is 1. The number of amidine groups is 1. The Labute approximate surface area is 265 Å². The van der Waals surface area contributed by atoms with Crippen LogP contribution in [0.5, 0.6) is 0 Å². The number of aliphatic imine (C=N–C) groups is 1. The van der Waals surface area contributed by atoms with Crippen molar-refractivity contribution in [3.63, 3.8) is 0 Å². The van der Waals surface area contributed by atoms with Crippen LogP contribution in [-0.2, 0) is 19.1 Å². The lowest BCUT2D eigenvalue weighted by Gasteiger charge is -2.61.